The lowest BCUT2D eigenvalue weighted by molar-refractivity contribution is 0.0704. The number of hydrogen-bond acceptors (Lipinski definition) is 8. The maximum atomic E-state index is 6.01. The zero-order valence-electron chi connectivity index (χ0n) is 24.1. The van der Waals surface area contributed by atoms with Crippen molar-refractivity contribution in [3.63, 3.8) is 0 Å². The second-order valence-electron chi connectivity index (χ2n) is 9.10. The minimum Gasteiger partial charge on any atom is -0.374 e. The van der Waals surface area contributed by atoms with Crippen LogP contribution in [0.1, 0.15) is 86.5 Å². The average Bonchev–Trinajstić information content (AvgIpc) is 2.85. The Morgan fingerprint density at radius 3 is 1.56 bits per heavy atom. The van der Waals surface area contributed by atoms with Crippen molar-refractivity contribution in [1.29, 1.82) is 0 Å². The summed E-state index contributed by atoms with van der Waals surface area (Å²) in [6.07, 6.45) is 9.11. The molecule has 2 atom stereocenters. The van der Waals surface area contributed by atoms with Gasteiger partial charge in [-0.15, -0.1) is 0 Å². The maximum Gasteiger partial charge on any atom is 0.500 e. The van der Waals surface area contributed by atoms with Crippen LogP contribution in [0.15, 0.2) is 0 Å². The van der Waals surface area contributed by atoms with E-state index in [1.165, 1.54) is 43.6 Å². The SMILES string of the molecule is CCO[Si](CCCSCCC1CCCC(SCCC[Si](OCC)(OCC)OCC)C1)(OCC)OCC. The van der Waals surface area contributed by atoms with Gasteiger partial charge in [0.1, 0.15) is 0 Å². The van der Waals surface area contributed by atoms with Gasteiger partial charge in [-0.05, 0) is 96.8 Å². The highest BCUT2D eigenvalue weighted by atomic mass is 32.2. The van der Waals surface area contributed by atoms with Crippen molar-refractivity contribution in [2.75, 3.05) is 56.9 Å². The Bertz CT molecular complexity index is 487. The summed E-state index contributed by atoms with van der Waals surface area (Å²) < 4.78 is 36.0. The number of thioether (sulfide) groups is 2. The predicted molar refractivity (Wildman–Crippen MR) is 160 cm³/mol. The maximum absolute atomic E-state index is 6.01. The molecule has 1 aliphatic rings. The standard InChI is InChI=1S/C26H56O6S2Si2/c1-7-27-35(28-8-2,29-9-3)22-14-19-33-21-18-25-16-13-17-26(24-25)34-20-15-23-36(30-10-4,31-11-5)32-12-6/h25-26H,7-24H2,1-6H3. The van der Waals surface area contributed by atoms with Crippen molar-refractivity contribution >= 4 is 41.1 Å². The van der Waals surface area contributed by atoms with Crippen LogP contribution in [0.4, 0.5) is 0 Å². The largest absolute Gasteiger partial charge is 0.500 e. The van der Waals surface area contributed by atoms with Crippen LogP contribution in [-0.2, 0) is 26.6 Å². The van der Waals surface area contributed by atoms with E-state index < -0.39 is 17.6 Å². The fourth-order valence-electron chi connectivity index (χ4n) is 4.94. The molecule has 1 fully saturated rings. The van der Waals surface area contributed by atoms with Gasteiger partial charge in [0, 0.05) is 57.0 Å². The first-order valence-electron chi connectivity index (χ1n) is 14.5. The molecule has 0 radical (unpaired) electrons. The third-order valence-electron chi connectivity index (χ3n) is 6.34. The molecule has 216 valence electrons. The van der Waals surface area contributed by atoms with Crippen molar-refractivity contribution in [3.05, 3.63) is 0 Å². The summed E-state index contributed by atoms with van der Waals surface area (Å²) >= 11 is 4.26. The van der Waals surface area contributed by atoms with Gasteiger partial charge in [0.2, 0.25) is 0 Å². The van der Waals surface area contributed by atoms with Crippen molar-refractivity contribution < 1.29 is 26.6 Å². The Kier molecular flexibility index (Phi) is 21.0. The van der Waals surface area contributed by atoms with Gasteiger partial charge in [-0.1, -0.05) is 12.8 Å². The van der Waals surface area contributed by atoms with E-state index in [1.807, 2.05) is 41.5 Å². The summed E-state index contributed by atoms with van der Waals surface area (Å²) in [6, 6.07) is 1.86. The molecule has 0 spiro atoms. The second kappa shape index (κ2) is 21.7. The van der Waals surface area contributed by atoms with Crippen LogP contribution in [0.3, 0.4) is 0 Å². The van der Waals surface area contributed by atoms with E-state index in [2.05, 4.69) is 23.5 Å². The average molecular weight is 585 g/mol. The van der Waals surface area contributed by atoms with E-state index in [9.17, 15) is 0 Å². The van der Waals surface area contributed by atoms with Crippen molar-refractivity contribution in [2.24, 2.45) is 5.92 Å². The van der Waals surface area contributed by atoms with E-state index in [0.717, 1.165) is 41.9 Å². The molecule has 1 aliphatic carbocycles. The number of rotatable bonds is 24. The van der Waals surface area contributed by atoms with Gasteiger partial charge in [-0.3, -0.25) is 0 Å². The predicted octanol–water partition coefficient (Wildman–Crippen LogP) is 7.28. The zero-order valence-corrected chi connectivity index (χ0v) is 27.8. The molecular formula is C26H56O6S2Si2. The van der Waals surface area contributed by atoms with Gasteiger partial charge in [-0.25, -0.2) is 0 Å². The molecular weight excluding hydrogens is 529 g/mol. The minimum absolute atomic E-state index is 0.661. The third-order valence-corrected chi connectivity index (χ3v) is 15.2. The Morgan fingerprint density at radius 1 is 0.611 bits per heavy atom. The Labute approximate surface area is 233 Å². The summed E-state index contributed by atoms with van der Waals surface area (Å²) in [5.74, 6) is 4.49. The van der Waals surface area contributed by atoms with E-state index in [-0.39, 0.29) is 0 Å². The quantitative estimate of drug-likeness (QED) is 0.0867. The summed E-state index contributed by atoms with van der Waals surface area (Å²) in [7, 11) is -4.97. The van der Waals surface area contributed by atoms with Crippen LogP contribution in [0, 0.1) is 5.92 Å². The highest BCUT2D eigenvalue weighted by Crippen LogP contribution is 2.35. The molecule has 6 nitrogen and oxygen atoms in total. The lowest BCUT2D eigenvalue weighted by Gasteiger charge is -2.30. The summed E-state index contributed by atoms with van der Waals surface area (Å²) in [5.41, 5.74) is 0. The summed E-state index contributed by atoms with van der Waals surface area (Å²) in [6.45, 7) is 16.2. The van der Waals surface area contributed by atoms with E-state index in [4.69, 9.17) is 26.6 Å². The molecule has 0 aliphatic heterocycles. The van der Waals surface area contributed by atoms with Gasteiger partial charge >= 0.3 is 17.6 Å². The van der Waals surface area contributed by atoms with Crippen LogP contribution in [0.2, 0.25) is 12.1 Å². The van der Waals surface area contributed by atoms with Crippen LogP contribution in [0.25, 0.3) is 0 Å². The lowest BCUT2D eigenvalue weighted by atomic mass is 9.87. The molecule has 36 heavy (non-hydrogen) atoms. The first-order valence-corrected chi connectivity index (χ1v) is 20.6. The van der Waals surface area contributed by atoms with Crippen LogP contribution in [-0.4, -0.2) is 79.8 Å². The Morgan fingerprint density at radius 2 is 1.08 bits per heavy atom. The van der Waals surface area contributed by atoms with Gasteiger partial charge in [-0.2, -0.15) is 23.5 Å². The first kappa shape index (κ1) is 34.9. The van der Waals surface area contributed by atoms with Crippen molar-refractivity contribution in [3.8, 4) is 0 Å². The molecule has 2 unspecified atom stereocenters. The molecule has 10 heteroatoms. The van der Waals surface area contributed by atoms with E-state index in [1.54, 1.807) is 0 Å². The lowest BCUT2D eigenvalue weighted by Crippen LogP contribution is -2.46. The second-order valence-corrected chi connectivity index (χ2v) is 17.2. The smallest absolute Gasteiger partial charge is 0.374 e. The monoisotopic (exact) mass is 584 g/mol. The fraction of sp³-hybridized carbons (Fsp3) is 1.00. The van der Waals surface area contributed by atoms with Gasteiger partial charge in [0.15, 0.2) is 0 Å². The topological polar surface area (TPSA) is 55.4 Å². The summed E-state index contributed by atoms with van der Waals surface area (Å²) in [5, 5.41) is 0.811. The molecule has 0 aromatic rings. The molecule has 0 N–H and O–H groups in total. The molecule has 0 aromatic heterocycles. The van der Waals surface area contributed by atoms with E-state index in [0.29, 0.717) is 39.6 Å². The molecule has 0 saturated heterocycles. The van der Waals surface area contributed by atoms with Gasteiger partial charge in [0.25, 0.3) is 0 Å². The summed E-state index contributed by atoms with van der Waals surface area (Å²) in [4.78, 5) is 0. The molecule has 0 amide bonds. The van der Waals surface area contributed by atoms with Gasteiger partial charge in [0.05, 0.1) is 0 Å². The Balaban J connectivity index is 2.28. The van der Waals surface area contributed by atoms with E-state index >= 15 is 0 Å². The molecule has 0 heterocycles. The van der Waals surface area contributed by atoms with Gasteiger partial charge < -0.3 is 26.6 Å². The third kappa shape index (κ3) is 14.3. The number of hydrogen-bond donors (Lipinski definition) is 0. The van der Waals surface area contributed by atoms with Crippen molar-refractivity contribution in [2.45, 2.75) is 104 Å². The highest BCUT2D eigenvalue weighted by molar-refractivity contribution is 7.99. The Hall–Kier alpha value is 0.894. The van der Waals surface area contributed by atoms with Crippen LogP contribution < -0.4 is 0 Å². The van der Waals surface area contributed by atoms with Crippen LogP contribution in [0.5, 0.6) is 0 Å². The van der Waals surface area contributed by atoms with Crippen LogP contribution >= 0.6 is 23.5 Å². The molecule has 1 saturated carbocycles. The highest BCUT2D eigenvalue weighted by Gasteiger charge is 2.40. The van der Waals surface area contributed by atoms with Crippen molar-refractivity contribution in [1.82, 2.24) is 0 Å². The molecule has 1 rings (SSSR count). The fourth-order valence-corrected chi connectivity index (χ4v) is 13.1. The first-order chi connectivity index (χ1) is 17.5. The zero-order chi connectivity index (χ0) is 26.5. The minimum atomic E-state index is -2.49. The molecule has 0 bridgehead atoms. The molecule has 0 aromatic carbocycles. The normalized spacial score (nSPS) is 19.2.